The Balaban J connectivity index is 1.74. The molecule has 1 N–H and O–H groups in total. The normalized spacial score (nSPS) is 11.5. The Kier molecular flexibility index (Phi) is 7.93. The standard InChI is InChI=1S/C22H19FN4O5S2/c1-3-34(29,30)22-26-21(33-27-22)25-20(28)16(12-24)10-15-6-9-18(19(11-15)31-2)32-13-14-4-7-17(23)8-5-14/h4-11H,3,13H2,1-2H3,(H,25,26,27,28). The molecular formula is C22H19FN4O5S2. The van der Waals surface area contributed by atoms with Crippen LogP contribution in [0.3, 0.4) is 0 Å². The zero-order chi connectivity index (χ0) is 24.7. The molecule has 2 aromatic carbocycles. The van der Waals surface area contributed by atoms with E-state index in [0.29, 0.717) is 28.6 Å². The first kappa shape index (κ1) is 24.8. The molecule has 0 aliphatic rings. The predicted octanol–water partition coefficient (Wildman–Crippen LogP) is 3.60. The second kappa shape index (κ2) is 10.9. The van der Waals surface area contributed by atoms with E-state index in [1.807, 2.05) is 0 Å². The van der Waals surface area contributed by atoms with Crippen LogP contribution in [-0.4, -0.2) is 36.5 Å². The van der Waals surface area contributed by atoms with Gasteiger partial charge >= 0.3 is 0 Å². The van der Waals surface area contributed by atoms with Crippen molar-refractivity contribution in [2.45, 2.75) is 18.7 Å². The van der Waals surface area contributed by atoms with E-state index in [0.717, 1.165) is 5.56 Å². The number of rotatable bonds is 9. The van der Waals surface area contributed by atoms with E-state index in [2.05, 4.69) is 14.7 Å². The number of halogens is 1. The van der Waals surface area contributed by atoms with Crippen LogP contribution < -0.4 is 14.8 Å². The molecule has 1 aromatic heterocycles. The van der Waals surface area contributed by atoms with Gasteiger partial charge in [0.2, 0.25) is 15.0 Å². The molecule has 0 saturated carbocycles. The van der Waals surface area contributed by atoms with Crippen molar-refractivity contribution >= 4 is 38.5 Å². The minimum absolute atomic E-state index is 0.0414. The van der Waals surface area contributed by atoms with E-state index in [1.54, 1.807) is 36.4 Å². The van der Waals surface area contributed by atoms with E-state index in [1.165, 1.54) is 32.2 Å². The second-order valence-electron chi connectivity index (χ2n) is 6.73. The van der Waals surface area contributed by atoms with Crippen LogP contribution in [0.5, 0.6) is 11.5 Å². The summed E-state index contributed by atoms with van der Waals surface area (Å²) in [5.74, 6) is -0.494. The lowest BCUT2D eigenvalue weighted by Crippen LogP contribution is -2.13. The highest BCUT2D eigenvalue weighted by molar-refractivity contribution is 7.91. The van der Waals surface area contributed by atoms with Crippen LogP contribution in [0.2, 0.25) is 0 Å². The maximum absolute atomic E-state index is 13.0. The molecule has 0 spiro atoms. The van der Waals surface area contributed by atoms with Crippen LogP contribution in [0.1, 0.15) is 18.1 Å². The van der Waals surface area contributed by atoms with Crippen molar-refractivity contribution < 1.29 is 27.1 Å². The topological polar surface area (TPSA) is 131 Å². The smallest absolute Gasteiger partial charge is 0.268 e. The fourth-order valence-electron chi connectivity index (χ4n) is 2.63. The lowest BCUT2D eigenvalue weighted by molar-refractivity contribution is -0.112. The van der Waals surface area contributed by atoms with E-state index >= 15 is 0 Å². The number of methoxy groups -OCH3 is 1. The van der Waals surface area contributed by atoms with Gasteiger partial charge in [-0.15, -0.1) is 0 Å². The molecule has 34 heavy (non-hydrogen) atoms. The Morgan fingerprint density at radius 2 is 1.97 bits per heavy atom. The number of nitriles is 1. The van der Waals surface area contributed by atoms with Crippen LogP contribution in [0.25, 0.3) is 6.08 Å². The Morgan fingerprint density at radius 3 is 2.62 bits per heavy atom. The molecule has 1 amide bonds. The third-order valence-corrected chi connectivity index (χ3v) is 6.70. The predicted molar refractivity (Wildman–Crippen MR) is 124 cm³/mol. The number of anilines is 1. The molecule has 0 unspecified atom stereocenters. The maximum atomic E-state index is 13.0. The number of sulfone groups is 1. The summed E-state index contributed by atoms with van der Waals surface area (Å²) in [4.78, 5) is 16.3. The Morgan fingerprint density at radius 1 is 1.24 bits per heavy atom. The fourth-order valence-corrected chi connectivity index (χ4v) is 4.21. The average Bonchev–Trinajstić information content (AvgIpc) is 3.31. The van der Waals surface area contributed by atoms with Crippen molar-refractivity contribution in [2.75, 3.05) is 18.2 Å². The van der Waals surface area contributed by atoms with Crippen molar-refractivity contribution in [1.82, 2.24) is 9.36 Å². The van der Waals surface area contributed by atoms with Gasteiger partial charge in [-0.05, 0) is 41.5 Å². The summed E-state index contributed by atoms with van der Waals surface area (Å²) < 4.78 is 51.5. The molecule has 0 aliphatic heterocycles. The fraction of sp³-hybridized carbons (Fsp3) is 0.182. The van der Waals surface area contributed by atoms with Gasteiger partial charge in [-0.2, -0.15) is 14.6 Å². The van der Waals surface area contributed by atoms with Gasteiger partial charge in [-0.3, -0.25) is 10.1 Å². The maximum Gasteiger partial charge on any atom is 0.268 e. The average molecular weight is 503 g/mol. The molecule has 12 heteroatoms. The molecule has 3 aromatic rings. The number of hydrogen-bond donors (Lipinski definition) is 1. The van der Waals surface area contributed by atoms with E-state index in [9.17, 15) is 22.9 Å². The summed E-state index contributed by atoms with van der Waals surface area (Å²) in [6.45, 7) is 1.65. The SMILES string of the molecule is CCS(=O)(=O)c1nsc(NC(=O)C(C#N)=Cc2ccc(OCc3ccc(F)cc3)c(OC)c2)n1. The van der Waals surface area contributed by atoms with Crippen molar-refractivity contribution in [2.24, 2.45) is 0 Å². The number of hydrogen-bond acceptors (Lipinski definition) is 9. The molecule has 0 radical (unpaired) electrons. The van der Waals surface area contributed by atoms with Gasteiger partial charge in [0.25, 0.3) is 11.1 Å². The summed E-state index contributed by atoms with van der Waals surface area (Å²) in [7, 11) is -2.16. The minimum atomic E-state index is -3.61. The largest absolute Gasteiger partial charge is 0.493 e. The zero-order valence-electron chi connectivity index (χ0n) is 18.1. The minimum Gasteiger partial charge on any atom is -0.493 e. The third kappa shape index (κ3) is 6.15. The summed E-state index contributed by atoms with van der Waals surface area (Å²) in [6.07, 6.45) is 1.34. The van der Waals surface area contributed by atoms with Gasteiger partial charge in [-0.1, -0.05) is 25.1 Å². The highest BCUT2D eigenvalue weighted by Crippen LogP contribution is 2.30. The number of amides is 1. The first-order valence-corrected chi connectivity index (χ1v) is 12.2. The number of nitrogens with zero attached hydrogens (tertiary/aromatic N) is 3. The third-order valence-electron chi connectivity index (χ3n) is 4.46. The molecular weight excluding hydrogens is 483 g/mol. The van der Waals surface area contributed by atoms with E-state index < -0.39 is 15.7 Å². The van der Waals surface area contributed by atoms with Gasteiger partial charge in [0.05, 0.1) is 12.9 Å². The Hall–Kier alpha value is -3.82. The highest BCUT2D eigenvalue weighted by atomic mass is 32.2. The number of carbonyl (C=O) groups excluding carboxylic acids is 1. The first-order valence-electron chi connectivity index (χ1n) is 9.80. The van der Waals surface area contributed by atoms with Crippen molar-refractivity contribution in [3.05, 3.63) is 65.0 Å². The summed E-state index contributed by atoms with van der Waals surface area (Å²) in [5.41, 5.74) is 1.02. The van der Waals surface area contributed by atoms with Crippen LogP contribution in [0.15, 0.2) is 53.2 Å². The molecule has 9 nitrogen and oxygen atoms in total. The summed E-state index contributed by atoms with van der Waals surface area (Å²) in [6, 6.07) is 12.5. The summed E-state index contributed by atoms with van der Waals surface area (Å²) in [5, 5.41) is 11.4. The summed E-state index contributed by atoms with van der Waals surface area (Å²) >= 11 is 0.701. The molecule has 0 aliphatic carbocycles. The number of carbonyl (C=O) groups is 1. The second-order valence-corrected chi connectivity index (χ2v) is 9.66. The van der Waals surface area contributed by atoms with Crippen LogP contribution in [0, 0.1) is 17.1 Å². The van der Waals surface area contributed by atoms with E-state index in [4.69, 9.17) is 9.47 Å². The molecule has 0 fully saturated rings. The number of ether oxygens (including phenoxy) is 2. The molecule has 0 bridgehead atoms. The Labute approximate surface area is 199 Å². The van der Waals surface area contributed by atoms with Crippen molar-refractivity contribution in [3.8, 4) is 17.6 Å². The number of nitrogens with one attached hydrogen (secondary N) is 1. The van der Waals surface area contributed by atoms with Crippen LogP contribution in [-0.2, 0) is 21.2 Å². The highest BCUT2D eigenvalue weighted by Gasteiger charge is 2.20. The first-order chi connectivity index (χ1) is 16.2. The lowest BCUT2D eigenvalue weighted by Gasteiger charge is -2.11. The zero-order valence-corrected chi connectivity index (χ0v) is 19.7. The lowest BCUT2D eigenvalue weighted by atomic mass is 10.1. The molecule has 0 atom stereocenters. The van der Waals surface area contributed by atoms with Crippen LogP contribution >= 0.6 is 11.5 Å². The Bertz CT molecular complexity index is 1360. The van der Waals surface area contributed by atoms with Crippen LogP contribution in [0.4, 0.5) is 9.52 Å². The molecule has 3 rings (SSSR count). The van der Waals surface area contributed by atoms with Gasteiger partial charge in [-0.25, -0.2) is 12.8 Å². The monoisotopic (exact) mass is 502 g/mol. The van der Waals surface area contributed by atoms with Crippen molar-refractivity contribution in [3.63, 3.8) is 0 Å². The van der Waals surface area contributed by atoms with Gasteiger partial charge in [0.1, 0.15) is 24.1 Å². The van der Waals surface area contributed by atoms with Gasteiger partial charge < -0.3 is 9.47 Å². The van der Waals surface area contributed by atoms with Gasteiger partial charge in [0, 0.05) is 11.5 Å². The van der Waals surface area contributed by atoms with Gasteiger partial charge in [0.15, 0.2) is 11.5 Å². The molecule has 0 saturated heterocycles. The van der Waals surface area contributed by atoms with E-state index in [-0.39, 0.29) is 34.0 Å². The number of aromatic nitrogens is 2. The van der Waals surface area contributed by atoms with Crippen molar-refractivity contribution in [1.29, 1.82) is 5.26 Å². The number of benzene rings is 2. The molecule has 176 valence electrons. The molecule has 1 heterocycles. The quantitative estimate of drug-likeness (QED) is 0.347.